The lowest BCUT2D eigenvalue weighted by Gasteiger charge is -2.10. The fourth-order valence-corrected chi connectivity index (χ4v) is 2.89. The number of benzene rings is 3. The van der Waals surface area contributed by atoms with Gasteiger partial charge in [0.05, 0.1) is 19.8 Å². The van der Waals surface area contributed by atoms with Crippen LogP contribution in [-0.4, -0.2) is 31.6 Å². The van der Waals surface area contributed by atoms with Gasteiger partial charge in [-0.2, -0.15) is 0 Å². The first kappa shape index (κ1) is 23.0. The molecule has 0 aromatic heterocycles. The summed E-state index contributed by atoms with van der Waals surface area (Å²) in [5, 5.41) is 2.89. The number of anilines is 1. The molecule has 166 valence electrons. The van der Waals surface area contributed by atoms with E-state index in [-0.39, 0.29) is 5.91 Å². The molecule has 0 aliphatic rings. The molecule has 0 spiro atoms. The van der Waals surface area contributed by atoms with E-state index in [1.165, 1.54) is 0 Å². The van der Waals surface area contributed by atoms with Crippen molar-refractivity contribution in [3.63, 3.8) is 0 Å². The molecule has 7 nitrogen and oxygen atoms in total. The number of nitrogens with one attached hydrogen (secondary N) is 1. The molecule has 0 aliphatic carbocycles. The van der Waals surface area contributed by atoms with Gasteiger partial charge in [0.2, 0.25) is 5.91 Å². The van der Waals surface area contributed by atoms with Crippen molar-refractivity contribution in [2.24, 2.45) is 5.73 Å². The minimum Gasteiger partial charge on any atom is -0.457 e. The highest BCUT2D eigenvalue weighted by atomic mass is 16.5. The Labute approximate surface area is 187 Å². The predicted octanol–water partition coefficient (Wildman–Crippen LogP) is 4.38. The molecular formula is C25H26N2O5. The third kappa shape index (κ3) is 6.94. The van der Waals surface area contributed by atoms with Crippen molar-refractivity contribution in [3.8, 4) is 11.5 Å². The number of hydrogen-bond acceptors (Lipinski definition) is 5. The van der Waals surface area contributed by atoms with Crippen LogP contribution in [0.25, 0.3) is 0 Å². The van der Waals surface area contributed by atoms with E-state index in [1.807, 2.05) is 31.2 Å². The zero-order valence-electron chi connectivity index (χ0n) is 17.9. The number of nitrogens with two attached hydrogens (primary N) is 1. The van der Waals surface area contributed by atoms with E-state index >= 15 is 0 Å². The Morgan fingerprint density at radius 2 is 1.47 bits per heavy atom. The minimum atomic E-state index is -0.494. The van der Waals surface area contributed by atoms with Crippen molar-refractivity contribution in [2.45, 2.75) is 13.5 Å². The average molecular weight is 434 g/mol. The molecule has 7 heteroatoms. The lowest BCUT2D eigenvalue weighted by atomic mass is 10.1. The Morgan fingerprint density at radius 3 is 2.09 bits per heavy atom. The summed E-state index contributed by atoms with van der Waals surface area (Å²) >= 11 is 0. The maximum atomic E-state index is 12.6. The fraction of sp³-hybridized carbons (Fsp3) is 0.200. The average Bonchev–Trinajstić information content (AvgIpc) is 2.80. The van der Waals surface area contributed by atoms with Crippen LogP contribution in [0.3, 0.4) is 0 Å². The Kier molecular flexibility index (Phi) is 8.36. The molecule has 0 atom stereocenters. The molecular weight excluding hydrogens is 408 g/mol. The fourth-order valence-electron chi connectivity index (χ4n) is 2.89. The van der Waals surface area contributed by atoms with Gasteiger partial charge >= 0.3 is 0 Å². The zero-order valence-corrected chi connectivity index (χ0v) is 17.9. The molecule has 3 aromatic carbocycles. The van der Waals surface area contributed by atoms with Crippen LogP contribution in [0.5, 0.6) is 11.5 Å². The van der Waals surface area contributed by atoms with Gasteiger partial charge in [0.15, 0.2) is 0 Å². The van der Waals surface area contributed by atoms with Crippen molar-refractivity contribution in [1.29, 1.82) is 0 Å². The standard InChI is InChI=1S/C25H26N2O5/c1-2-30-14-15-31-17-18-4-3-5-21(16-18)27-25(29)20-8-12-23(13-9-20)32-22-10-6-19(7-11-22)24(26)28/h3-13,16H,2,14-15,17H2,1H3,(H2,26,28)(H,27,29). The summed E-state index contributed by atoms with van der Waals surface area (Å²) in [7, 11) is 0. The van der Waals surface area contributed by atoms with Crippen LogP contribution in [0, 0.1) is 0 Å². The Morgan fingerprint density at radius 1 is 0.844 bits per heavy atom. The molecule has 3 aromatic rings. The lowest BCUT2D eigenvalue weighted by molar-refractivity contribution is 0.0453. The van der Waals surface area contributed by atoms with Crippen LogP contribution in [-0.2, 0) is 16.1 Å². The first-order valence-corrected chi connectivity index (χ1v) is 10.3. The van der Waals surface area contributed by atoms with Crippen LogP contribution in [0.1, 0.15) is 33.2 Å². The first-order valence-electron chi connectivity index (χ1n) is 10.3. The number of rotatable bonds is 11. The van der Waals surface area contributed by atoms with Gasteiger partial charge in [0, 0.05) is 23.4 Å². The van der Waals surface area contributed by atoms with Crippen LogP contribution in [0.2, 0.25) is 0 Å². The molecule has 3 rings (SSSR count). The predicted molar refractivity (Wildman–Crippen MR) is 122 cm³/mol. The van der Waals surface area contributed by atoms with E-state index in [0.717, 1.165) is 5.56 Å². The van der Waals surface area contributed by atoms with Crippen molar-refractivity contribution < 1.29 is 23.8 Å². The topological polar surface area (TPSA) is 99.9 Å². The van der Waals surface area contributed by atoms with Crippen LogP contribution >= 0.6 is 0 Å². The number of amides is 2. The van der Waals surface area contributed by atoms with Gasteiger partial charge in [-0.3, -0.25) is 9.59 Å². The van der Waals surface area contributed by atoms with Crippen LogP contribution in [0.4, 0.5) is 5.69 Å². The van der Waals surface area contributed by atoms with Crippen molar-refractivity contribution >= 4 is 17.5 Å². The first-order chi connectivity index (χ1) is 15.5. The molecule has 0 saturated heterocycles. The number of primary amides is 1. The smallest absolute Gasteiger partial charge is 0.255 e. The van der Waals surface area contributed by atoms with Gasteiger partial charge in [-0.25, -0.2) is 0 Å². The maximum Gasteiger partial charge on any atom is 0.255 e. The second-order valence-corrected chi connectivity index (χ2v) is 6.92. The maximum absolute atomic E-state index is 12.6. The largest absolute Gasteiger partial charge is 0.457 e. The van der Waals surface area contributed by atoms with E-state index in [9.17, 15) is 9.59 Å². The van der Waals surface area contributed by atoms with E-state index in [1.54, 1.807) is 48.5 Å². The molecule has 32 heavy (non-hydrogen) atoms. The second kappa shape index (κ2) is 11.6. The normalized spacial score (nSPS) is 10.5. The van der Waals surface area contributed by atoms with E-state index in [2.05, 4.69) is 5.32 Å². The highest BCUT2D eigenvalue weighted by Crippen LogP contribution is 2.22. The summed E-state index contributed by atoms with van der Waals surface area (Å²) in [5.41, 5.74) is 7.80. The van der Waals surface area contributed by atoms with Crippen LogP contribution < -0.4 is 15.8 Å². The van der Waals surface area contributed by atoms with Gasteiger partial charge in [0.1, 0.15) is 11.5 Å². The molecule has 0 heterocycles. The zero-order chi connectivity index (χ0) is 22.8. The minimum absolute atomic E-state index is 0.225. The Hall–Kier alpha value is -3.68. The monoisotopic (exact) mass is 434 g/mol. The Bertz CT molecular complexity index is 1030. The molecule has 0 unspecified atom stereocenters. The molecule has 0 bridgehead atoms. The molecule has 0 saturated carbocycles. The van der Waals surface area contributed by atoms with Gasteiger partial charge in [-0.15, -0.1) is 0 Å². The number of hydrogen-bond donors (Lipinski definition) is 2. The van der Waals surface area contributed by atoms with Gasteiger partial charge in [-0.1, -0.05) is 12.1 Å². The molecule has 3 N–H and O–H groups in total. The SMILES string of the molecule is CCOCCOCc1cccc(NC(=O)c2ccc(Oc3ccc(C(N)=O)cc3)cc2)c1. The summed E-state index contributed by atoms with van der Waals surface area (Å²) in [6, 6.07) is 20.8. The quantitative estimate of drug-likeness (QED) is 0.436. The van der Waals surface area contributed by atoms with Gasteiger partial charge in [-0.05, 0) is 73.2 Å². The van der Waals surface area contributed by atoms with E-state index in [0.29, 0.717) is 54.7 Å². The third-order valence-corrected chi connectivity index (χ3v) is 4.52. The summed E-state index contributed by atoms with van der Waals surface area (Å²) in [6.45, 7) is 4.14. The molecule has 0 aliphatic heterocycles. The highest BCUT2D eigenvalue weighted by Gasteiger charge is 2.08. The highest BCUT2D eigenvalue weighted by molar-refractivity contribution is 6.04. The molecule has 2 amide bonds. The summed E-state index contributed by atoms with van der Waals surface area (Å²) < 4.78 is 16.6. The number of carbonyl (C=O) groups is 2. The lowest BCUT2D eigenvalue weighted by Crippen LogP contribution is -2.12. The number of ether oxygens (including phenoxy) is 3. The van der Waals surface area contributed by atoms with Crippen molar-refractivity contribution in [3.05, 3.63) is 89.5 Å². The van der Waals surface area contributed by atoms with Gasteiger partial charge < -0.3 is 25.3 Å². The number of carbonyl (C=O) groups excluding carboxylic acids is 2. The van der Waals surface area contributed by atoms with E-state index in [4.69, 9.17) is 19.9 Å². The van der Waals surface area contributed by atoms with Crippen molar-refractivity contribution in [2.75, 3.05) is 25.1 Å². The molecule has 0 radical (unpaired) electrons. The van der Waals surface area contributed by atoms with Gasteiger partial charge in [0.25, 0.3) is 5.91 Å². The van der Waals surface area contributed by atoms with E-state index < -0.39 is 5.91 Å². The Balaban J connectivity index is 1.54. The molecule has 0 fully saturated rings. The summed E-state index contributed by atoms with van der Waals surface area (Å²) in [5.74, 6) is 0.412. The van der Waals surface area contributed by atoms with Crippen LogP contribution in [0.15, 0.2) is 72.8 Å². The second-order valence-electron chi connectivity index (χ2n) is 6.92. The van der Waals surface area contributed by atoms with Crippen molar-refractivity contribution in [1.82, 2.24) is 0 Å². The third-order valence-electron chi connectivity index (χ3n) is 4.52. The summed E-state index contributed by atoms with van der Waals surface area (Å²) in [4.78, 5) is 23.7. The summed E-state index contributed by atoms with van der Waals surface area (Å²) in [6.07, 6.45) is 0.